The zero-order valence-electron chi connectivity index (χ0n) is 16.3. The minimum Gasteiger partial charge on any atom is -0.483 e. The number of rotatable bonds is 8. The number of hydrogen-bond donors (Lipinski definition) is 2. The molecule has 0 unspecified atom stereocenters. The first kappa shape index (κ1) is 20.1. The topological polar surface area (TPSA) is 67.4 Å². The van der Waals surface area contributed by atoms with E-state index in [9.17, 15) is 9.59 Å². The van der Waals surface area contributed by atoms with Crippen molar-refractivity contribution in [1.29, 1.82) is 0 Å². The molecule has 0 aromatic heterocycles. The van der Waals surface area contributed by atoms with Gasteiger partial charge in [0.05, 0.1) is 11.6 Å². The second-order valence-electron chi connectivity index (χ2n) is 6.65. The van der Waals surface area contributed by atoms with Gasteiger partial charge >= 0.3 is 0 Å². The number of benzene rings is 3. The Morgan fingerprint density at radius 2 is 1.48 bits per heavy atom. The fourth-order valence-electron chi connectivity index (χ4n) is 2.91. The molecule has 5 heteroatoms. The number of carbonyl (C=O) groups excluding carboxylic acids is 2. The van der Waals surface area contributed by atoms with Crippen LogP contribution < -0.4 is 15.4 Å². The standard InChI is InChI=1S/C24H24N2O3/c1-18(20-12-6-3-7-13-20)26-23(27)17-29-22-15-9-8-14-21(22)24(28)25-16-19-10-4-2-5-11-19/h2-15,18H,16-17H2,1H3,(H,25,28)(H,26,27)/t18-/m1/s1. The minimum atomic E-state index is -0.249. The normalized spacial score (nSPS) is 11.3. The van der Waals surface area contributed by atoms with E-state index in [2.05, 4.69) is 10.6 Å². The Hall–Kier alpha value is -3.60. The third kappa shape index (κ3) is 5.94. The average molecular weight is 388 g/mol. The molecule has 0 aliphatic heterocycles. The minimum absolute atomic E-state index is 0.128. The SMILES string of the molecule is C[C@@H](NC(=O)COc1ccccc1C(=O)NCc1ccccc1)c1ccccc1. The molecule has 3 aromatic rings. The molecule has 1 atom stereocenters. The van der Waals surface area contributed by atoms with Crippen molar-refractivity contribution in [3.63, 3.8) is 0 Å². The lowest BCUT2D eigenvalue weighted by Gasteiger charge is -2.15. The highest BCUT2D eigenvalue weighted by atomic mass is 16.5. The molecule has 148 valence electrons. The van der Waals surface area contributed by atoms with Gasteiger partial charge in [-0.3, -0.25) is 9.59 Å². The lowest BCUT2D eigenvalue weighted by atomic mass is 10.1. The molecule has 0 radical (unpaired) electrons. The van der Waals surface area contributed by atoms with E-state index >= 15 is 0 Å². The van der Waals surface area contributed by atoms with Crippen LogP contribution in [0.5, 0.6) is 5.75 Å². The maximum absolute atomic E-state index is 12.6. The number of para-hydroxylation sites is 1. The summed E-state index contributed by atoms with van der Waals surface area (Å²) in [6.07, 6.45) is 0. The van der Waals surface area contributed by atoms with Crippen LogP contribution in [0, 0.1) is 0 Å². The summed E-state index contributed by atoms with van der Waals surface area (Å²) in [6.45, 7) is 2.17. The van der Waals surface area contributed by atoms with Gasteiger partial charge in [0.2, 0.25) is 0 Å². The van der Waals surface area contributed by atoms with Crippen LogP contribution in [0.4, 0.5) is 0 Å². The predicted octanol–water partition coefficient (Wildman–Crippen LogP) is 3.87. The summed E-state index contributed by atoms with van der Waals surface area (Å²) in [5.74, 6) is -0.121. The molecule has 3 aromatic carbocycles. The fourth-order valence-corrected chi connectivity index (χ4v) is 2.91. The van der Waals surface area contributed by atoms with Gasteiger partial charge in [0.1, 0.15) is 5.75 Å². The zero-order chi connectivity index (χ0) is 20.5. The van der Waals surface area contributed by atoms with E-state index < -0.39 is 0 Å². The first-order valence-electron chi connectivity index (χ1n) is 9.52. The van der Waals surface area contributed by atoms with Crippen LogP contribution in [0.15, 0.2) is 84.9 Å². The van der Waals surface area contributed by atoms with Crippen molar-refractivity contribution in [3.8, 4) is 5.75 Å². The molecule has 0 aliphatic carbocycles. The Kier molecular flexibility index (Phi) is 7.00. The average Bonchev–Trinajstić information content (AvgIpc) is 2.77. The van der Waals surface area contributed by atoms with Crippen molar-refractivity contribution in [1.82, 2.24) is 10.6 Å². The molecular formula is C24H24N2O3. The summed E-state index contributed by atoms with van der Waals surface area (Å²) >= 11 is 0. The van der Waals surface area contributed by atoms with E-state index in [4.69, 9.17) is 4.74 Å². The quantitative estimate of drug-likeness (QED) is 0.616. The highest BCUT2D eigenvalue weighted by Gasteiger charge is 2.14. The van der Waals surface area contributed by atoms with Gasteiger partial charge in [0.25, 0.3) is 11.8 Å². The number of hydrogen-bond acceptors (Lipinski definition) is 3. The second-order valence-corrected chi connectivity index (χ2v) is 6.65. The molecule has 2 amide bonds. The van der Waals surface area contributed by atoms with Crippen molar-refractivity contribution in [2.75, 3.05) is 6.61 Å². The Bertz CT molecular complexity index is 943. The molecule has 3 rings (SSSR count). The maximum Gasteiger partial charge on any atom is 0.258 e. The Morgan fingerprint density at radius 1 is 0.862 bits per heavy atom. The van der Waals surface area contributed by atoms with E-state index in [0.29, 0.717) is 17.9 Å². The third-order valence-corrected chi connectivity index (χ3v) is 4.46. The lowest BCUT2D eigenvalue weighted by molar-refractivity contribution is -0.123. The van der Waals surface area contributed by atoms with Crippen molar-refractivity contribution >= 4 is 11.8 Å². The van der Waals surface area contributed by atoms with Gasteiger partial charge in [-0.15, -0.1) is 0 Å². The molecule has 0 fully saturated rings. The van der Waals surface area contributed by atoms with Gasteiger partial charge in [0, 0.05) is 6.54 Å². The molecule has 5 nitrogen and oxygen atoms in total. The molecule has 0 spiro atoms. The summed E-state index contributed by atoms with van der Waals surface area (Å²) < 4.78 is 5.64. The molecule has 0 saturated carbocycles. The summed E-state index contributed by atoms with van der Waals surface area (Å²) in [7, 11) is 0. The van der Waals surface area contributed by atoms with E-state index in [1.54, 1.807) is 24.3 Å². The Labute approximate surface area is 170 Å². The maximum atomic E-state index is 12.6. The van der Waals surface area contributed by atoms with Crippen LogP contribution >= 0.6 is 0 Å². The lowest BCUT2D eigenvalue weighted by Crippen LogP contribution is -2.31. The van der Waals surface area contributed by atoms with Gasteiger partial charge in [-0.2, -0.15) is 0 Å². The monoisotopic (exact) mass is 388 g/mol. The summed E-state index contributed by atoms with van der Waals surface area (Å²) in [4.78, 5) is 24.8. The zero-order valence-corrected chi connectivity index (χ0v) is 16.3. The van der Waals surface area contributed by atoms with Crippen molar-refractivity contribution in [3.05, 3.63) is 102 Å². The predicted molar refractivity (Wildman–Crippen MR) is 113 cm³/mol. The molecule has 29 heavy (non-hydrogen) atoms. The van der Waals surface area contributed by atoms with Gasteiger partial charge in [0.15, 0.2) is 6.61 Å². The van der Waals surface area contributed by atoms with Crippen molar-refractivity contribution < 1.29 is 14.3 Å². The number of amides is 2. The van der Waals surface area contributed by atoms with Gasteiger partial charge in [-0.1, -0.05) is 72.8 Å². The van der Waals surface area contributed by atoms with Crippen LogP contribution in [-0.2, 0) is 11.3 Å². The van der Waals surface area contributed by atoms with Gasteiger partial charge in [-0.25, -0.2) is 0 Å². The van der Waals surface area contributed by atoms with E-state index in [-0.39, 0.29) is 24.5 Å². The first-order chi connectivity index (χ1) is 14.1. The van der Waals surface area contributed by atoms with E-state index in [0.717, 1.165) is 11.1 Å². The smallest absolute Gasteiger partial charge is 0.258 e. The Morgan fingerprint density at radius 3 is 2.21 bits per heavy atom. The molecule has 0 saturated heterocycles. The van der Waals surface area contributed by atoms with Crippen LogP contribution in [0.1, 0.15) is 34.5 Å². The highest BCUT2D eigenvalue weighted by Crippen LogP contribution is 2.18. The summed E-state index contributed by atoms with van der Waals surface area (Å²) in [5, 5.41) is 5.77. The Balaban J connectivity index is 1.56. The number of nitrogens with one attached hydrogen (secondary N) is 2. The van der Waals surface area contributed by atoms with Crippen LogP contribution in [0.3, 0.4) is 0 Å². The largest absolute Gasteiger partial charge is 0.483 e. The molecule has 0 heterocycles. The van der Waals surface area contributed by atoms with E-state index in [1.807, 2.05) is 67.6 Å². The number of carbonyl (C=O) groups is 2. The second kappa shape index (κ2) is 10.1. The summed E-state index contributed by atoms with van der Waals surface area (Å²) in [5.41, 5.74) is 2.42. The molecule has 2 N–H and O–H groups in total. The van der Waals surface area contributed by atoms with Crippen LogP contribution in [0.25, 0.3) is 0 Å². The van der Waals surface area contributed by atoms with Crippen LogP contribution in [-0.4, -0.2) is 18.4 Å². The highest BCUT2D eigenvalue weighted by molar-refractivity contribution is 5.97. The fraction of sp³-hybridized carbons (Fsp3) is 0.167. The third-order valence-electron chi connectivity index (χ3n) is 4.46. The van der Waals surface area contributed by atoms with Gasteiger partial charge < -0.3 is 15.4 Å². The van der Waals surface area contributed by atoms with Crippen molar-refractivity contribution in [2.45, 2.75) is 19.5 Å². The van der Waals surface area contributed by atoms with E-state index in [1.165, 1.54) is 0 Å². The summed E-state index contributed by atoms with van der Waals surface area (Å²) in [6, 6.07) is 26.1. The molecule has 0 aliphatic rings. The van der Waals surface area contributed by atoms with Crippen molar-refractivity contribution in [2.24, 2.45) is 0 Å². The molecule has 0 bridgehead atoms. The number of ether oxygens (including phenoxy) is 1. The van der Waals surface area contributed by atoms with Gasteiger partial charge in [-0.05, 0) is 30.2 Å². The van der Waals surface area contributed by atoms with Crippen LogP contribution in [0.2, 0.25) is 0 Å². The molecular weight excluding hydrogens is 364 g/mol. The first-order valence-corrected chi connectivity index (χ1v) is 9.52.